The molecule has 0 saturated heterocycles. The highest BCUT2D eigenvalue weighted by atomic mass is 16.4. The Morgan fingerprint density at radius 3 is 2.41 bits per heavy atom. The van der Waals surface area contributed by atoms with Gasteiger partial charge in [-0.25, -0.2) is 0 Å². The monoisotopic (exact) mass is 232 g/mol. The SMILES string of the molecule is CC1(C)CCC(c2cccc(B(O)O)c2)CC1. The second-order valence-corrected chi connectivity index (χ2v) is 5.98. The van der Waals surface area contributed by atoms with Crippen LogP contribution in [0.2, 0.25) is 0 Å². The van der Waals surface area contributed by atoms with E-state index in [0.29, 0.717) is 16.8 Å². The molecule has 0 radical (unpaired) electrons. The fourth-order valence-corrected chi connectivity index (χ4v) is 2.71. The average molecular weight is 232 g/mol. The molecule has 0 heterocycles. The molecule has 1 saturated carbocycles. The van der Waals surface area contributed by atoms with Gasteiger partial charge in [0, 0.05) is 0 Å². The molecule has 2 N–H and O–H groups in total. The van der Waals surface area contributed by atoms with Crippen LogP contribution in [0.5, 0.6) is 0 Å². The van der Waals surface area contributed by atoms with E-state index in [4.69, 9.17) is 0 Å². The standard InChI is InChI=1S/C14H21BO2/c1-14(2)8-6-11(7-9-14)12-4-3-5-13(10-12)15(16)17/h3-5,10-11,16-17H,6-9H2,1-2H3. The Morgan fingerprint density at radius 2 is 1.82 bits per heavy atom. The van der Waals surface area contributed by atoms with E-state index in [2.05, 4.69) is 19.9 Å². The fraction of sp³-hybridized carbons (Fsp3) is 0.571. The number of benzene rings is 1. The van der Waals surface area contributed by atoms with Gasteiger partial charge in [0.15, 0.2) is 0 Å². The van der Waals surface area contributed by atoms with Gasteiger partial charge in [-0.15, -0.1) is 0 Å². The first-order valence-corrected chi connectivity index (χ1v) is 6.44. The Labute approximate surface area is 104 Å². The van der Waals surface area contributed by atoms with Gasteiger partial charge in [-0.3, -0.25) is 0 Å². The van der Waals surface area contributed by atoms with Crippen molar-refractivity contribution in [2.45, 2.75) is 45.4 Å². The Kier molecular flexibility index (Phi) is 3.60. The van der Waals surface area contributed by atoms with Crippen molar-refractivity contribution in [2.24, 2.45) is 5.41 Å². The first-order valence-electron chi connectivity index (χ1n) is 6.44. The van der Waals surface area contributed by atoms with Crippen molar-refractivity contribution >= 4 is 12.6 Å². The maximum atomic E-state index is 9.19. The summed E-state index contributed by atoms with van der Waals surface area (Å²) in [5.74, 6) is 0.585. The van der Waals surface area contributed by atoms with Crippen molar-refractivity contribution in [1.82, 2.24) is 0 Å². The summed E-state index contributed by atoms with van der Waals surface area (Å²) >= 11 is 0. The van der Waals surface area contributed by atoms with Gasteiger partial charge < -0.3 is 10.0 Å². The molecule has 2 nitrogen and oxygen atoms in total. The third-order valence-electron chi connectivity index (χ3n) is 4.02. The van der Waals surface area contributed by atoms with Gasteiger partial charge in [0.25, 0.3) is 0 Å². The molecule has 1 aliphatic carbocycles. The van der Waals surface area contributed by atoms with E-state index in [9.17, 15) is 10.0 Å². The van der Waals surface area contributed by atoms with Gasteiger partial charge in [-0.1, -0.05) is 38.1 Å². The zero-order chi connectivity index (χ0) is 12.5. The van der Waals surface area contributed by atoms with Crippen molar-refractivity contribution in [3.63, 3.8) is 0 Å². The summed E-state index contributed by atoms with van der Waals surface area (Å²) in [6.07, 6.45) is 4.92. The zero-order valence-corrected chi connectivity index (χ0v) is 10.7. The first kappa shape index (κ1) is 12.7. The summed E-state index contributed by atoms with van der Waals surface area (Å²) in [6.45, 7) is 4.66. The molecule has 1 fully saturated rings. The van der Waals surface area contributed by atoms with Crippen LogP contribution in [0, 0.1) is 5.41 Å². The third kappa shape index (κ3) is 3.11. The van der Waals surface area contributed by atoms with Gasteiger partial charge in [-0.2, -0.15) is 0 Å². The average Bonchev–Trinajstić information content (AvgIpc) is 2.29. The molecule has 0 amide bonds. The van der Waals surface area contributed by atoms with E-state index in [-0.39, 0.29) is 0 Å². The predicted molar refractivity (Wildman–Crippen MR) is 71.3 cm³/mol. The Morgan fingerprint density at radius 1 is 1.18 bits per heavy atom. The number of hydrogen-bond donors (Lipinski definition) is 2. The summed E-state index contributed by atoms with van der Waals surface area (Å²) in [6, 6.07) is 7.73. The van der Waals surface area contributed by atoms with Crippen LogP contribution < -0.4 is 5.46 Å². The topological polar surface area (TPSA) is 40.5 Å². The van der Waals surface area contributed by atoms with E-state index >= 15 is 0 Å². The van der Waals surface area contributed by atoms with Gasteiger partial charge in [0.05, 0.1) is 0 Å². The van der Waals surface area contributed by atoms with Gasteiger partial charge in [0.2, 0.25) is 0 Å². The Bertz CT molecular complexity index is 378. The van der Waals surface area contributed by atoms with Crippen LogP contribution in [0.1, 0.15) is 51.0 Å². The second kappa shape index (κ2) is 4.83. The molecule has 1 aromatic rings. The van der Waals surface area contributed by atoms with Gasteiger partial charge in [-0.05, 0) is 48.0 Å². The summed E-state index contributed by atoms with van der Waals surface area (Å²) in [7, 11) is -1.35. The molecule has 0 aliphatic heterocycles. The molecule has 1 aliphatic rings. The van der Waals surface area contributed by atoms with Gasteiger partial charge in [0.1, 0.15) is 0 Å². The molecular formula is C14H21BO2. The zero-order valence-electron chi connectivity index (χ0n) is 10.7. The highest BCUT2D eigenvalue weighted by Gasteiger charge is 2.27. The number of rotatable bonds is 2. The minimum absolute atomic E-state index is 0.477. The maximum absolute atomic E-state index is 9.19. The molecular weight excluding hydrogens is 211 g/mol. The van der Waals surface area contributed by atoms with E-state index in [0.717, 1.165) is 0 Å². The van der Waals surface area contributed by atoms with Crippen molar-refractivity contribution in [3.05, 3.63) is 29.8 Å². The van der Waals surface area contributed by atoms with E-state index in [1.54, 1.807) is 6.07 Å². The van der Waals surface area contributed by atoms with E-state index in [1.807, 2.05) is 12.1 Å². The molecule has 0 aromatic heterocycles. The molecule has 3 heteroatoms. The normalized spacial score (nSPS) is 20.2. The largest absolute Gasteiger partial charge is 0.488 e. The van der Waals surface area contributed by atoms with Crippen LogP contribution >= 0.6 is 0 Å². The number of hydrogen-bond acceptors (Lipinski definition) is 2. The molecule has 0 spiro atoms. The lowest BCUT2D eigenvalue weighted by atomic mass is 9.70. The molecule has 0 atom stereocenters. The van der Waals surface area contributed by atoms with Crippen molar-refractivity contribution in [2.75, 3.05) is 0 Å². The molecule has 0 bridgehead atoms. The van der Waals surface area contributed by atoms with Crippen LogP contribution in [-0.2, 0) is 0 Å². The quantitative estimate of drug-likeness (QED) is 0.766. The van der Waals surface area contributed by atoms with Crippen molar-refractivity contribution in [1.29, 1.82) is 0 Å². The summed E-state index contributed by atoms with van der Waals surface area (Å²) in [5.41, 5.74) is 2.34. The van der Waals surface area contributed by atoms with Crippen LogP contribution in [0.25, 0.3) is 0 Å². The lowest BCUT2D eigenvalue weighted by Gasteiger charge is -2.34. The smallest absolute Gasteiger partial charge is 0.423 e. The minimum atomic E-state index is -1.35. The minimum Gasteiger partial charge on any atom is -0.423 e. The molecule has 1 aromatic carbocycles. The van der Waals surface area contributed by atoms with Crippen molar-refractivity contribution in [3.8, 4) is 0 Å². The summed E-state index contributed by atoms with van der Waals surface area (Å²) < 4.78 is 0. The highest BCUT2D eigenvalue weighted by molar-refractivity contribution is 6.58. The van der Waals surface area contributed by atoms with E-state index < -0.39 is 7.12 Å². The summed E-state index contributed by atoms with van der Waals surface area (Å²) in [4.78, 5) is 0. The van der Waals surface area contributed by atoms with Gasteiger partial charge >= 0.3 is 7.12 Å². The summed E-state index contributed by atoms with van der Waals surface area (Å²) in [5, 5.41) is 18.4. The Hall–Kier alpha value is -0.795. The van der Waals surface area contributed by atoms with Crippen LogP contribution in [0.3, 0.4) is 0 Å². The van der Waals surface area contributed by atoms with Crippen molar-refractivity contribution < 1.29 is 10.0 Å². The van der Waals surface area contributed by atoms with Crippen LogP contribution in [-0.4, -0.2) is 17.2 Å². The molecule has 0 unspecified atom stereocenters. The van der Waals surface area contributed by atoms with Crippen LogP contribution in [0.15, 0.2) is 24.3 Å². The maximum Gasteiger partial charge on any atom is 0.488 e. The Balaban J connectivity index is 2.10. The third-order valence-corrected chi connectivity index (χ3v) is 4.02. The molecule has 17 heavy (non-hydrogen) atoms. The fourth-order valence-electron chi connectivity index (χ4n) is 2.71. The lowest BCUT2D eigenvalue weighted by Crippen LogP contribution is -2.30. The first-order chi connectivity index (χ1) is 7.98. The second-order valence-electron chi connectivity index (χ2n) is 5.98. The van der Waals surface area contributed by atoms with Crippen LogP contribution in [0.4, 0.5) is 0 Å². The predicted octanol–water partition coefficient (Wildman–Crippen LogP) is 2.05. The molecule has 2 rings (SSSR count). The molecule has 92 valence electrons. The van der Waals surface area contributed by atoms with E-state index in [1.165, 1.54) is 31.2 Å². The lowest BCUT2D eigenvalue weighted by molar-refractivity contribution is 0.224. The highest BCUT2D eigenvalue weighted by Crippen LogP contribution is 2.42.